The maximum Gasteiger partial charge on any atom is 0.224 e. The second-order valence-electron chi connectivity index (χ2n) is 8.55. The summed E-state index contributed by atoms with van der Waals surface area (Å²) < 4.78 is 0. The van der Waals surface area contributed by atoms with Gasteiger partial charge in [0.15, 0.2) is 0 Å². The highest BCUT2D eigenvalue weighted by molar-refractivity contribution is 5.98. The van der Waals surface area contributed by atoms with Crippen molar-refractivity contribution in [3.05, 3.63) is 65.4 Å². The Morgan fingerprint density at radius 1 is 0.969 bits per heavy atom. The number of aromatic nitrogens is 1. The van der Waals surface area contributed by atoms with Gasteiger partial charge in [0.05, 0.1) is 5.52 Å². The Morgan fingerprint density at radius 2 is 1.75 bits per heavy atom. The average Bonchev–Trinajstić information content (AvgIpc) is 2.80. The number of halogens is 1. The van der Waals surface area contributed by atoms with Crippen LogP contribution in [0, 0.1) is 0 Å². The molecule has 0 aliphatic heterocycles. The summed E-state index contributed by atoms with van der Waals surface area (Å²) in [5.41, 5.74) is 7.01. The number of benzene rings is 2. The van der Waals surface area contributed by atoms with Gasteiger partial charge in [-0.05, 0) is 74.3 Å². The molecule has 0 atom stereocenters. The quantitative estimate of drug-likeness (QED) is 0.355. The molecule has 5 heteroatoms. The van der Waals surface area contributed by atoms with Crippen LogP contribution in [-0.2, 0) is 24.1 Å². The molecule has 4 nitrogen and oxygen atoms in total. The van der Waals surface area contributed by atoms with E-state index in [-0.39, 0.29) is 18.3 Å². The molecule has 32 heavy (non-hydrogen) atoms. The van der Waals surface area contributed by atoms with Gasteiger partial charge in [-0.15, -0.1) is 12.4 Å². The van der Waals surface area contributed by atoms with E-state index in [1.165, 1.54) is 48.2 Å². The summed E-state index contributed by atoms with van der Waals surface area (Å²) in [6.45, 7) is 0. The van der Waals surface area contributed by atoms with E-state index in [2.05, 4.69) is 47.0 Å². The number of carbonyl (C=O) groups is 1. The molecule has 1 heterocycles. The maximum atomic E-state index is 12.4. The molecule has 3 aromatic rings. The number of aryl methyl sites for hydroxylation is 2. The SMILES string of the molecule is CNc1c2c(nc3ccc(NC(=O)CCCCCCc4ccccc4)cc13)CCCC2.Cl. The molecular weight excluding hydrogens is 418 g/mol. The van der Waals surface area contributed by atoms with Crippen molar-refractivity contribution < 1.29 is 4.79 Å². The van der Waals surface area contributed by atoms with Gasteiger partial charge in [0, 0.05) is 35.9 Å². The van der Waals surface area contributed by atoms with Gasteiger partial charge in [0.25, 0.3) is 0 Å². The lowest BCUT2D eigenvalue weighted by Gasteiger charge is -2.21. The van der Waals surface area contributed by atoms with Gasteiger partial charge in [0.1, 0.15) is 0 Å². The standard InChI is InChI=1S/C27H33N3O.ClH/c1-28-27-22-14-9-10-15-24(22)30-25-18-17-21(19-23(25)27)29-26(31)16-8-3-2-5-11-20-12-6-4-7-13-20;/h4,6-7,12-13,17-19H,2-3,5,8-11,14-16H2,1H3,(H,28,30)(H,29,31);1H. The van der Waals surface area contributed by atoms with Crippen LogP contribution in [0.2, 0.25) is 0 Å². The Hall–Kier alpha value is -2.59. The van der Waals surface area contributed by atoms with Crippen LogP contribution < -0.4 is 10.6 Å². The number of fused-ring (bicyclic) bond motifs is 2. The molecule has 2 N–H and O–H groups in total. The number of nitrogens with one attached hydrogen (secondary N) is 2. The van der Waals surface area contributed by atoms with Crippen LogP contribution in [0.15, 0.2) is 48.5 Å². The van der Waals surface area contributed by atoms with E-state index >= 15 is 0 Å². The number of carbonyl (C=O) groups excluding carboxylic acids is 1. The average molecular weight is 452 g/mol. The maximum absolute atomic E-state index is 12.4. The highest BCUT2D eigenvalue weighted by Gasteiger charge is 2.18. The summed E-state index contributed by atoms with van der Waals surface area (Å²) in [5.74, 6) is 0.0966. The van der Waals surface area contributed by atoms with Crippen LogP contribution in [0.25, 0.3) is 10.9 Å². The molecule has 1 aliphatic carbocycles. The van der Waals surface area contributed by atoms with Crippen LogP contribution in [0.3, 0.4) is 0 Å². The Labute approximate surface area is 197 Å². The van der Waals surface area contributed by atoms with Gasteiger partial charge < -0.3 is 10.6 Å². The summed E-state index contributed by atoms with van der Waals surface area (Å²) in [6.07, 6.45) is 10.6. The Bertz CT molecular complexity index is 1040. The number of hydrogen-bond acceptors (Lipinski definition) is 3. The third kappa shape index (κ3) is 6.01. The molecule has 0 fully saturated rings. The van der Waals surface area contributed by atoms with Crippen LogP contribution in [-0.4, -0.2) is 17.9 Å². The first-order valence-corrected chi connectivity index (χ1v) is 11.7. The van der Waals surface area contributed by atoms with Crippen LogP contribution in [0.5, 0.6) is 0 Å². The lowest BCUT2D eigenvalue weighted by molar-refractivity contribution is -0.116. The lowest BCUT2D eigenvalue weighted by Crippen LogP contribution is -2.12. The highest BCUT2D eigenvalue weighted by Crippen LogP contribution is 2.34. The van der Waals surface area contributed by atoms with E-state index < -0.39 is 0 Å². The monoisotopic (exact) mass is 451 g/mol. The predicted molar refractivity (Wildman–Crippen MR) is 137 cm³/mol. The van der Waals surface area contributed by atoms with Crippen LogP contribution in [0.1, 0.15) is 61.8 Å². The first-order valence-electron chi connectivity index (χ1n) is 11.7. The first kappa shape index (κ1) is 24.1. The molecule has 1 aliphatic rings. The Balaban J connectivity index is 0.00000289. The molecule has 0 radical (unpaired) electrons. The largest absolute Gasteiger partial charge is 0.387 e. The van der Waals surface area contributed by atoms with E-state index in [0.29, 0.717) is 6.42 Å². The minimum absolute atomic E-state index is 0. The highest BCUT2D eigenvalue weighted by atomic mass is 35.5. The molecule has 4 rings (SSSR count). The first-order chi connectivity index (χ1) is 15.2. The number of hydrogen-bond donors (Lipinski definition) is 2. The van der Waals surface area contributed by atoms with Crippen LogP contribution in [0.4, 0.5) is 11.4 Å². The van der Waals surface area contributed by atoms with Gasteiger partial charge in [-0.3, -0.25) is 9.78 Å². The van der Waals surface area contributed by atoms with E-state index in [4.69, 9.17) is 4.98 Å². The number of anilines is 2. The van der Waals surface area contributed by atoms with Gasteiger partial charge in [-0.25, -0.2) is 0 Å². The number of pyridine rings is 1. The molecular formula is C27H34ClN3O. The predicted octanol–water partition coefficient (Wildman–Crippen LogP) is 6.71. The molecule has 0 bridgehead atoms. The number of rotatable bonds is 9. The molecule has 0 unspecified atom stereocenters. The number of amides is 1. The van der Waals surface area contributed by atoms with Crippen molar-refractivity contribution >= 4 is 40.6 Å². The summed E-state index contributed by atoms with van der Waals surface area (Å²) in [5, 5.41) is 7.58. The molecule has 1 aromatic heterocycles. The van der Waals surface area contributed by atoms with Crippen molar-refractivity contribution in [2.24, 2.45) is 0 Å². The molecule has 1 amide bonds. The fourth-order valence-corrected chi connectivity index (χ4v) is 4.62. The summed E-state index contributed by atoms with van der Waals surface area (Å²) in [7, 11) is 1.98. The fourth-order valence-electron chi connectivity index (χ4n) is 4.62. The smallest absolute Gasteiger partial charge is 0.224 e. The van der Waals surface area contributed by atoms with E-state index in [0.717, 1.165) is 48.7 Å². The lowest BCUT2D eigenvalue weighted by atomic mass is 9.92. The zero-order valence-corrected chi connectivity index (χ0v) is 19.8. The van der Waals surface area contributed by atoms with Crippen molar-refractivity contribution in [3.63, 3.8) is 0 Å². The van der Waals surface area contributed by atoms with Crippen molar-refractivity contribution in [1.29, 1.82) is 0 Å². The van der Waals surface area contributed by atoms with E-state index in [1.54, 1.807) is 0 Å². The molecule has 0 spiro atoms. The number of nitrogens with zero attached hydrogens (tertiary/aromatic N) is 1. The Kier molecular flexibility index (Phi) is 8.92. The zero-order valence-electron chi connectivity index (χ0n) is 19.0. The van der Waals surface area contributed by atoms with Crippen molar-refractivity contribution in [2.45, 2.75) is 64.2 Å². The van der Waals surface area contributed by atoms with Gasteiger partial charge >= 0.3 is 0 Å². The van der Waals surface area contributed by atoms with Gasteiger partial charge in [0.2, 0.25) is 5.91 Å². The minimum atomic E-state index is 0. The zero-order chi connectivity index (χ0) is 21.5. The van der Waals surface area contributed by atoms with Gasteiger partial charge in [-0.1, -0.05) is 43.2 Å². The third-order valence-corrected chi connectivity index (χ3v) is 6.26. The van der Waals surface area contributed by atoms with Crippen LogP contribution >= 0.6 is 12.4 Å². The van der Waals surface area contributed by atoms with Crippen molar-refractivity contribution in [2.75, 3.05) is 17.7 Å². The molecule has 2 aromatic carbocycles. The summed E-state index contributed by atoms with van der Waals surface area (Å²) in [4.78, 5) is 17.3. The number of unbranched alkanes of at least 4 members (excludes halogenated alkanes) is 3. The summed E-state index contributed by atoms with van der Waals surface area (Å²) >= 11 is 0. The second-order valence-corrected chi connectivity index (χ2v) is 8.55. The molecule has 0 saturated carbocycles. The second kappa shape index (κ2) is 11.9. The minimum Gasteiger partial charge on any atom is -0.387 e. The molecule has 170 valence electrons. The fraction of sp³-hybridized carbons (Fsp3) is 0.407. The van der Waals surface area contributed by atoms with E-state index in [9.17, 15) is 4.79 Å². The topological polar surface area (TPSA) is 54.0 Å². The third-order valence-electron chi connectivity index (χ3n) is 6.26. The Morgan fingerprint density at radius 3 is 2.56 bits per heavy atom. The normalized spacial score (nSPS) is 12.7. The molecule has 0 saturated heterocycles. The van der Waals surface area contributed by atoms with Crippen molar-refractivity contribution in [1.82, 2.24) is 4.98 Å². The van der Waals surface area contributed by atoms with Crippen molar-refractivity contribution in [3.8, 4) is 0 Å². The van der Waals surface area contributed by atoms with Gasteiger partial charge in [-0.2, -0.15) is 0 Å². The van der Waals surface area contributed by atoms with E-state index in [1.807, 2.05) is 19.2 Å². The summed E-state index contributed by atoms with van der Waals surface area (Å²) in [6, 6.07) is 16.7.